The molecule has 1 aromatic heterocycles. The second-order valence-corrected chi connectivity index (χ2v) is 2.67. The van der Waals surface area contributed by atoms with E-state index in [4.69, 9.17) is 5.73 Å². The zero-order chi connectivity index (χ0) is 9.68. The number of hydrogen-bond donors (Lipinski definition) is 1. The zero-order valence-corrected chi connectivity index (χ0v) is 7.49. The Morgan fingerprint density at radius 1 is 1.69 bits per heavy atom. The molecule has 0 bridgehead atoms. The van der Waals surface area contributed by atoms with Crippen molar-refractivity contribution in [2.75, 3.05) is 12.8 Å². The highest BCUT2D eigenvalue weighted by Gasteiger charge is 2.01. The quantitative estimate of drug-likeness (QED) is 0.698. The van der Waals surface area contributed by atoms with E-state index >= 15 is 0 Å². The van der Waals surface area contributed by atoms with Crippen LogP contribution in [0.2, 0.25) is 0 Å². The molecule has 0 saturated carbocycles. The van der Waals surface area contributed by atoms with E-state index in [9.17, 15) is 4.79 Å². The SMILES string of the molecule is COC(=O)CCc1ccnc(N)c1. The number of aryl methyl sites for hydroxylation is 1. The third kappa shape index (κ3) is 3.11. The van der Waals surface area contributed by atoms with Crippen molar-refractivity contribution in [3.05, 3.63) is 23.9 Å². The highest BCUT2D eigenvalue weighted by atomic mass is 16.5. The van der Waals surface area contributed by atoms with Crippen LogP contribution in [-0.4, -0.2) is 18.1 Å². The highest BCUT2D eigenvalue weighted by molar-refractivity contribution is 5.69. The minimum Gasteiger partial charge on any atom is -0.469 e. The van der Waals surface area contributed by atoms with E-state index in [0.29, 0.717) is 18.7 Å². The van der Waals surface area contributed by atoms with Gasteiger partial charge in [0.2, 0.25) is 0 Å². The van der Waals surface area contributed by atoms with E-state index in [1.807, 2.05) is 6.07 Å². The number of methoxy groups -OCH3 is 1. The molecule has 0 unspecified atom stereocenters. The molecule has 0 aromatic carbocycles. The Labute approximate surface area is 76.7 Å². The first-order chi connectivity index (χ1) is 6.22. The summed E-state index contributed by atoms with van der Waals surface area (Å²) < 4.78 is 4.52. The minimum absolute atomic E-state index is 0.213. The third-order valence-corrected chi connectivity index (χ3v) is 1.69. The standard InChI is InChI=1S/C9H12N2O2/c1-13-9(12)3-2-7-4-5-11-8(10)6-7/h4-6H,2-3H2,1H3,(H2,10,11). The van der Waals surface area contributed by atoms with Gasteiger partial charge in [-0.2, -0.15) is 0 Å². The van der Waals surface area contributed by atoms with Gasteiger partial charge >= 0.3 is 5.97 Å². The number of carbonyl (C=O) groups is 1. The number of aromatic nitrogens is 1. The fourth-order valence-electron chi connectivity index (χ4n) is 0.998. The molecule has 0 aliphatic heterocycles. The van der Waals surface area contributed by atoms with Gasteiger partial charge in [-0.25, -0.2) is 4.98 Å². The smallest absolute Gasteiger partial charge is 0.305 e. The fourth-order valence-corrected chi connectivity index (χ4v) is 0.998. The van der Waals surface area contributed by atoms with Gasteiger partial charge in [-0.15, -0.1) is 0 Å². The highest BCUT2D eigenvalue weighted by Crippen LogP contribution is 2.05. The molecule has 0 spiro atoms. The molecule has 4 nitrogen and oxygen atoms in total. The molecule has 0 amide bonds. The van der Waals surface area contributed by atoms with Crippen LogP contribution in [0.1, 0.15) is 12.0 Å². The number of nitrogens with zero attached hydrogens (tertiary/aromatic N) is 1. The lowest BCUT2D eigenvalue weighted by Crippen LogP contribution is -2.02. The van der Waals surface area contributed by atoms with Crippen molar-refractivity contribution in [3.8, 4) is 0 Å². The molecule has 0 saturated heterocycles. The molecular weight excluding hydrogens is 168 g/mol. The third-order valence-electron chi connectivity index (χ3n) is 1.69. The summed E-state index contributed by atoms with van der Waals surface area (Å²) in [6.45, 7) is 0. The number of anilines is 1. The van der Waals surface area contributed by atoms with Crippen LogP contribution < -0.4 is 5.73 Å². The van der Waals surface area contributed by atoms with Crippen LogP contribution in [0.4, 0.5) is 5.82 Å². The molecule has 70 valence electrons. The lowest BCUT2D eigenvalue weighted by atomic mass is 10.1. The van der Waals surface area contributed by atoms with E-state index in [1.54, 1.807) is 12.3 Å². The molecule has 4 heteroatoms. The van der Waals surface area contributed by atoms with E-state index in [-0.39, 0.29) is 5.97 Å². The van der Waals surface area contributed by atoms with Crippen molar-refractivity contribution >= 4 is 11.8 Å². The summed E-state index contributed by atoms with van der Waals surface area (Å²) in [7, 11) is 1.38. The van der Waals surface area contributed by atoms with E-state index in [2.05, 4.69) is 9.72 Å². The van der Waals surface area contributed by atoms with Crippen molar-refractivity contribution in [2.24, 2.45) is 0 Å². The van der Waals surface area contributed by atoms with Gasteiger partial charge in [0.05, 0.1) is 7.11 Å². The van der Waals surface area contributed by atoms with Gasteiger partial charge in [0.15, 0.2) is 0 Å². The predicted octanol–water partition coefficient (Wildman–Crippen LogP) is 0.769. The van der Waals surface area contributed by atoms with Gasteiger partial charge in [0.25, 0.3) is 0 Å². The normalized spacial score (nSPS) is 9.62. The van der Waals surface area contributed by atoms with Gasteiger partial charge in [0.1, 0.15) is 5.82 Å². The van der Waals surface area contributed by atoms with Crippen LogP contribution in [0, 0.1) is 0 Å². The Bertz CT molecular complexity index is 299. The number of hydrogen-bond acceptors (Lipinski definition) is 4. The summed E-state index contributed by atoms with van der Waals surface area (Å²) in [6.07, 6.45) is 2.64. The molecule has 2 N–H and O–H groups in total. The Kier molecular flexibility index (Phi) is 3.25. The summed E-state index contributed by atoms with van der Waals surface area (Å²) in [5.41, 5.74) is 6.47. The maximum Gasteiger partial charge on any atom is 0.305 e. The lowest BCUT2D eigenvalue weighted by molar-refractivity contribution is -0.140. The van der Waals surface area contributed by atoms with Crippen molar-refractivity contribution in [2.45, 2.75) is 12.8 Å². The zero-order valence-electron chi connectivity index (χ0n) is 7.49. The Balaban J connectivity index is 2.50. The van der Waals surface area contributed by atoms with Crippen LogP contribution in [-0.2, 0) is 16.0 Å². The van der Waals surface area contributed by atoms with Crippen molar-refractivity contribution in [1.82, 2.24) is 4.98 Å². The van der Waals surface area contributed by atoms with Gasteiger partial charge < -0.3 is 10.5 Å². The molecule has 0 aliphatic carbocycles. The maximum atomic E-state index is 10.8. The molecule has 0 aliphatic rings. The minimum atomic E-state index is -0.213. The fraction of sp³-hybridized carbons (Fsp3) is 0.333. The molecule has 1 aromatic rings. The lowest BCUT2D eigenvalue weighted by Gasteiger charge is -2.00. The Hall–Kier alpha value is -1.58. The molecule has 0 radical (unpaired) electrons. The second-order valence-electron chi connectivity index (χ2n) is 2.67. The van der Waals surface area contributed by atoms with E-state index < -0.39 is 0 Å². The molecule has 1 heterocycles. The van der Waals surface area contributed by atoms with Crippen LogP contribution in [0.25, 0.3) is 0 Å². The Morgan fingerprint density at radius 2 is 2.46 bits per heavy atom. The summed E-state index contributed by atoms with van der Waals surface area (Å²) >= 11 is 0. The number of esters is 1. The second kappa shape index (κ2) is 4.45. The number of pyridine rings is 1. The molecule has 0 fully saturated rings. The number of ether oxygens (including phenoxy) is 1. The van der Waals surface area contributed by atoms with Gasteiger partial charge in [-0.05, 0) is 24.1 Å². The first-order valence-corrected chi connectivity index (χ1v) is 3.99. The summed E-state index contributed by atoms with van der Waals surface area (Å²) in [5.74, 6) is 0.262. The molecule has 13 heavy (non-hydrogen) atoms. The van der Waals surface area contributed by atoms with Crippen molar-refractivity contribution in [1.29, 1.82) is 0 Å². The average molecular weight is 180 g/mol. The van der Waals surface area contributed by atoms with E-state index in [1.165, 1.54) is 7.11 Å². The topological polar surface area (TPSA) is 65.2 Å². The number of nitrogens with two attached hydrogens (primary N) is 1. The number of carbonyl (C=O) groups excluding carboxylic acids is 1. The Morgan fingerprint density at radius 3 is 3.08 bits per heavy atom. The maximum absolute atomic E-state index is 10.8. The van der Waals surface area contributed by atoms with Crippen molar-refractivity contribution in [3.63, 3.8) is 0 Å². The molecule has 0 atom stereocenters. The van der Waals surface area contributed by atoms with E-state index in [0.717, 1.165) is 5.56 Å². The van der Waals surface area contributed by atoms with Crippen molar-refractivity contribution < 1.29 is 9.53 Å². The summed E-state index contributed by atoms with van der Waals surface area (Å²) in [6, 6.07) is 3.59. The van der Waals surface area contributed by atoms with Gasteiger partial charge in [0, 0.05) is 12.6 Å². The van der Waals surface area contributed by atoms with Crippen LogP contribution in [0.5, 0.6) is 0 Å². The van der Waals surface area contributed by atoms with Gasteiger partial charge in [-0.1, -0.05) is 0 Å². The van der Waals surface area contributed by atoms with Crippen LogP contribution in [0.15, 0.2) is 18.3 Å². The number of rotatable bonds is 3. The van der Waals surface area contributed by atoms with Gasteiger partial charge in [-0.3, -0.25) is 4.79 Å². The van der Waals surface area contributed by atoms with Crippen LogP contribution in [0.3, 0.4) is 0 Å². The first kappa shape index (κ1) is 9.51. The summed E-state index contributed by atoms with van der Waals surface area (Å²) in [4.78, 5) is 14.6. The monoisotopic (exact) mass is 180 g/mol. The summed E-state index contributed by atoms with van der Waals surface area (Å²) in [5, 5.41) is 0. The first-order valence-electron chi connectivity index (χ1n) is 3.99. The number of nitrogen functional groups attached to an aromatic ring is 1. The largest absolute Gasteiger partial charge is 0.469 e. The average Bonchev–Trinajstić information content (AvgIpc) is 2.14. The molecule has 1 rings (SSSR count). The van der Waals surface area contributed by atoms with Crippen LogP contribution >= 0.6 is 0 Å². The molecular formula is C9H12N2O2. The predicted molar refractivity (Wildman–Crippen MR) is 49.0 cm³/mol.